The average Bonchev–Trinajstić information content (AvgIpc) is 1.79. The van der Waals surface area contributed by atoms with Crippen molar-refractivity contribution in [3.05, 3.63) is 12.2 Å². The fourth-order valence-corrected chi connectivity index (χ4v) is 0.143. The number of carbonyl (C=O) groups is 2. The zero-order valence-electron chi connectivity index (χ0n) is 6.95. The van der Waals surface area contributed by atoms with Crippen LogP contribution in [0, 0.1) is 0 Å². The molecular formula is C4H5NaO8S. The molecule has 0 radical (unpaired) electrons. The number of carboxylic acid groups (broad SMARTS) is 2. The monoisotopic (exact) mass is 236 g/mol. The van der Waals surface area contributed by atoms with Gasteiger partial charge in [-0.1, -0.05) is 0 Å². The summed E-state index contributed by atoms with van der Waals surface area (Å²) in [6.07, 6.45) is 1.12. The van der Waals surface area contributed by atoms with Crippen LogP contribution in [0.2, 0.25) is 0 Å². The summed E-state index contributed by atoms with van der Waals surface area (Å²) in [6, 6.07) is 0. The summed E-state index contributed by atoms with van der Waals surface area (Å²) in [7, 11) is -4.92. The Morgan fingerprint density at radius 3 is 1.29 bits per heavy atom. The maximum atomic E-state index is 9.55. The predicted molar refractivity (Wildman–Crippen MR) is 36.7 cm³/mol. The van der Waals surface area contributed by atoms with E-state index in [0.717, 1.165) is 0 Å². The SMILES string of the molecule is O=C(O)C=CC(=O)O.O=S(=O)([O-])O.[Na+]. The van der Waals surface area contributed by atoms with Crippen molar-refractivity contribution in [1.82, 2.24) is 0 Å². The van der Waals surface area contributed by atoms with E-state index in [2.05, 4.69) is 0 Å². The average molecular weight is 236 g/mol. The third-order valence-corrected chi connectivity index (χ3v) is 0.368. The quantitative estimate of drug-likeness (QED) is 0.188. The molecule has 8 nitrogen and oxygen atoms in total. The molecule has 0 aliphatic carbocycles. The summed E-state index contributed by atoms with van der Waals surface area (Å²) in [4.78, 5) is 19.1. The van der Waals surface area contributed by atoms with Crippen LogP contribution in [0.5, 0.6) is 0 Å². The molecule has 0 fully saturated rings. The van der Waals surface area contributed by atoms with Crippen LogP contribution in [0.15, 0.2) is 12.2 Å². The zero-order valence-corrected chi connectivity index (χ0v) is 9.76. The van der Waals surface area contributed by atoms with Crippen LogP contribution in [0.1, 0.15) is 0 Å². The van der Waals surface area contributed by atoms with E-state index in [1.54, 1.807) is 0 Å². The summed E-state index contributed by atoms with van der Waals surface area (Å²) in [6.45, 7) is 0. The van der Waals surface area contributed by atoms with Crippen molar-refractivity contribution >= 4 is 22.3 Å². The second-order valence-corrected chi connectivity index (χ2v) is 2.29. The van der Waals surface area contributed by atoms with Gasteiger partial charge in [0.1, 0.15) is 0 Å². The molecule has 76 valence electrons. The Morgan fingerprint density at radius 2 is 1.21 bits per heavy atom. The van der Waals surface area contributed by atoms with E-state index < -0.39 is 22.3 Å². The van der Waals surface area contributed by atoms with Crippen LogP contribution in [0.3, 0.4) is 0 Å². The van der Waals surface area contributed by atoms with Crippen LogP contribution in [-0.2, 0) is 20.0 Å². The first-order chi connectivity index (χ1) is 5.63. The number of hydrogen-bond acceptors (Lipinski definition) is 5. The Labute approximate surface area is 101 Å². The Bertz CT molecular complexity index is 279. The van der Waals surface area contributed by atoms with E-state index in [0.29, 0.717) is 12.2 Å². The Balaban J connectivity index is -0.000000177. The molecule has 0 atom stereocenters. The van der Waals surface area contributed by atoms with Gasteiger partial charge in [0.25, 0.3) is 0 Å². The van der Waals surface area contributed by atoms with E-state index in [4.69, 9.17) is 27.7 Å². The summed E-state index contributed by atoms with van der Waals surface area (Å²) < 4.78 is 32.8. The second-order valence-electron chi connectivity index (χ2n) is 1.44. The van der Waals surface area contributed by atoms with Gasteiger partial charge < -0.3 is 14.8 Å². The third kappa shape index (κ3) is 62.1. The molecule has 0 aliphatic rings. The smallest absolute Gasteiger partial charge is 0.726 e. The van der Waals surface area contributed by atoms with Crippen LogP contribution in [0.4, 0.5) is 0 Å². The molecule has 0 aromatic heterocycles. The standard InChI is InChI=1S/C4H4O4.Na.H2O4S/c5-3(6)1-2-4(7)8;;1-5(2,3)4/h1-2H,(H,5,6)(H,7,8);;(H2,1,2,3,4)/q;+1;/p-1. The molecule has 0 spiro atoms. The molecule has 0 saturated heterocycles. The fourth-order valence-electron chi connectivity index (χ4n) is 0.143. The maximum Gasteiger partial charge on any atom is 1.00 e. The van der Waals surface area contributed by atoms with Crippen LogP contribution in [0.25, 0.3) is 0 Å². The molecule has 0 unspecified atom stereocenters. The van der Waals surface area contributed by atoms with Crippen molar-refractivity contribution in [2.75, 3.05) is 0 Å². The van der Waals surface area contributed by atoms with E-state index in [9.17, 15) is 9.59 Å². The minimum Gasteiger partial charge on any atom is -0.726 e. The van der Waals surface area contributed by atoms with Gasteiger partial charge in [-0.3, -0.25) is 4.55 Å². The summed E-state index contributed by atoms with van der Waals surface area (Å²) >= 11 is 0. The van der Waals surface area contributed by atoms with E-state index >= 15 is 0 Å². The Kier molecular flexibility index (Phi) is 12.5. The number of aliphatic carboxylic acids is 2. The topological polar surface area (TPSA) is 152 Å². The van der Waals surface area contributed by atoms with Gasteiger partial charge in [-0.05, 0) is 0 Å². The fraction of sp³-hybridized carbons (Fsp3) is 0. The van der Waals surface area contributed by atoms with Crippen LogP contribution in [-0.4, -0.2) is 39.7 Å². The first-order valence-electron chi connectivity index (χ1n) is 2.45. The van der Waals surface area contributed by atoms with Gasteiger partial charge in [0.05, 0.1) is 0 Å². The molecule has 0 aliphatic heterocycles. The molecule has 0 amide bonds. The first-order valence-corrected chi connectivity index (χ1v) is 3.81. The van der Waals surface area contributed by atoms with Gasteiger partial charge in [0.2, 0.25) is 10.4 Å². The largest absolute Gasteiger partial charge is 1.00 e. The van der Waals surface area contributed by atoms with Gasteiger partial charge in [-0.25, -0.2) is 18.0 Å². The maximum absolute atomic E-state index is 9.55. The van der Waals surface area contributed by atoms with Crippen molar-refractivity contribution in [2.24, 2.45) is 0 Å². The van der Waals surface area contributed by atoms with Gasteiger partial charge in [0.15, 0.2) is 0 Å². The van der Waals surface area contributed by atoms with Gasteiger partial charge in [0, 0.05) is 12.2 Å². The van der Waals surface area contributed by atoms with Gasteiger partial charge in [-0.2, -0.15) is 0 Å². The second kappa shape index (κ2) is 9.12. The van der Waals surface area contributed by atoms with E-state index in [1.165, 1.54) is 0 Å². The summed E-state index contributed by atoms with van der Waals surface area (Å²) in [5.74, 6) is -2.51. The number of hydrogen-bond donors (Lipinski definition) is 3. The van der Waals surface area contributed by atoms with Crippen LogP contribution < -0.4 is 29.6 Å². The molecule has 0 saturated carbocycles. The van der Waals surface area contributed by atoms with Crippen molar-refractivity contribution in [1.29, 1.82) is 0 Å². The van der Waals surface area contributed by atoms with Crippen molar-refractivity contribution < 1.29 is 66.9 Å². The molecule has 0 bridgehead atoms. The summed E-state index contributed by atoms with van der Waals surface area (Å²) in [5, 5.41) is 15.6. The molecule has 0 aromatic rings. The van der Waals surface area contributed by atoms with Crippen molar-refractivity contribution in [2.45, 2.75) is 0 Å². The van der Waals surface area contributed by atoms with E-state index in [1.807, 2.05) is 0 Å². The predicted octanol–water partition coefficient (Wildman–Crippen LogP) is -4.28. The van der Waals surface area contributed by atoms with E-state index in [-0.39, 0.29) is 29.6 Å². The van der Waals surface area contributed by atoms with Crippen LogP contribution >= 0.6 is 0 Å². The minimum absolute atomic E-state index is 0. The Hall–Kier alpha value is -0.450. The molecule has 3 N–H and O–H groups in total. The van der Waals surface area contributed by atoms with Crippen molar-refractivity contribution in [3.63, 3.8) is 0 Å². The summed E-state index contributed by atoms with van der Waals surface area (Å²) in [5.41, 5.74) is 0. The minimum atomic E-state index is -4.92. The van der Waals surface area contributed by atoms with Gasteiger partial charge in [-0.15, -0.1) is 0 Å². The Morgan fingerprint density at radius 1 is 1.07 bits per heavy atom. The third-order valence-electron chi connectivity index (χ3n) is 0.368. The molecular weight excluding hydrogens is 231 g/mol. The molecule has 0 aromatic carbocycles. The molecule has 14 heavy (non-hydrogen) atoms. The normalized spacial score (nSPS) is 9.57. The number of carboxylic acids is 2. The zero-order chi connectivity index (χ0) is 11.1. The number of rotatable bonds is 2. The van der Waals surface area contributed by atoms with Crippen molar-refractivity contribution in [3.8, 4) is 0 Å². The molecule has 0 heterocycles. The molecule has 10 heteroatoms. The van der Waals surface area contributed by atoms with Gasteiger partial charge >= 0.3 is 41.5 Å². The first kappa shape index (κ1) is 19.2. The molecule has 0 rings (SSSR count).